The second-order valence-corrected chi connectivity index (χ2v) is 9.31. The largest absolute Gasteiger partial charge is 0.306 e. The molecule has 2 aliphatic heterocycles. The van der Waals surface area contributed by atoms with Crippen LogP contribution in [0.1, 0.15) is 59.8 Å². The lowest BCUT2D eigenvalue weighted by Crippen LogP contribution is -2.42. The fourth-order valence-corrected chi connectivity index (χ4v) is 5.04. The van der Waals surface area contributed by atoms with E-state index in [2.05, 4.69) is 51.6 Å². The molecular weight excluding hydrogens is 256 g/mol. The van der Waals surface area contributed by atoms with Gasteiger partial charge in [-0.15, -0.1) is 0 Å². The Morgan fingerprint density at radius 2 is 0.952 bits per heavy atom. The average Bonchev–Trinajstić information content (AvgIpc) is 2.38. The van der Waals surface area contributed by atoms with E-state index in [1.807, 2.05) is 0 Å². The summed E-state index contributed by atoms with van der Waals surface area (Å²) in [7, 11) is 4.54. The molecule has 0 radical (unpaired) electrons. The second kappa shape index (κ2) is 6.58. The normalized spacial score (nSPS) is 25.4. The predicted molar refractivity (Wildman–Crippen MR) is 92.6 cm³/mol. The summed E-state index contributed by atoms with van der Waals surface area (Å²) in [6.07, 6.45) is 6.97. The predicted octanol–water partition coefficient (Wildman–Crippen LogP) is 4.11. The highest BCUT2D eigenvalue weighted by Gasteiger charge is 2.40. The topological polar surface area (TPSA) is 6.48 Å². The van der Waals surface area contributed by atoms with E-state index in [4.69, 9.17) is 0 Å². The Balaban J connectivity index is 1.94. The van der Waals surface area contributed by atoms with E-state index in [1.54, 1.807) is 0 Å². The molecule has 0 spiro atoms. The Labute approximate surface area is 133 Å². The van der Waals surface area contributed by atoms with Gasteiger partial charge in [0.05, 0.1) is 0 Å². The van der Waals surface area contributed by atoms with Crippen molar-refractivity contribution < 1.29 is 0 Å². The molecule has 2 nitrogen and oxygen atoms in total. The van der Waals surface area contributed by atoms with Crippen LogP contribution < -0.4 is 0 Å². The van der Waals surface area contributed by atoms with Gasteiger partial charge in [0.15, 0.2) is 0 Å². The summed E-state index contributed by atoms with van der Waals surface area (Å²) in [5.74, 6) is 1.83. The van der Waals surface area contributed by atoms with Crippen LogP contribution in [0.2, 0.25) is 0 Å². The molecular formula is C19H38N2. The van der Waals surface area contributed by atoms with Gasteiger partial charge in [-0.3, -0.25) is 0 Å². The van der Waals surface area contributed by atoms with E-state index in [1.165, 1.54) is 58.3 Å². The van der Waals surface area contributed by atoms with E-state index in [0.717, 1.165) is 11.8 Å². The third kappa shape index (κ3) is 4.45. The number of piperidine rings is 2. The molecule has 2 rings (SSSR count). The maximum absolute atomic E-state index is 2.54. The van der Waals surface area contributed by atoms with Gasteiger partial charge in [-0.2, -0.15) is 0 Å². The second-order valence-electron chi connectivity index (χ2n) is 9.31. The van der Waals surface area contributed by atoms with E-state index in [0.29, 0.717) is 10.8 Å². The molecule has 0 N–H and O–H groups in total. The highest BCUT2D eigenvalue weighted by Crippen LogP contribution is 2.48. The Morgan fingerprint density at radius 1 is 0.667 bits per heavy atom. The zero-order valence-corrected chi connectivity index (χ0v) is 15.4. The van der Waals surface area contributed by atoms with Gasteiger partial charge >= 0.3 is 0 Å². The third-order valence-electron chi connectivity index (χ3n) is 6.56. The maximum atomic E-state index is 2.54. The van der Waals surface area contributed by atoms with Gasteiger partial charge in [-0.05, 0) is 95.0 Å². The summed E-state index contributed by atoms with van der Waals surface area (Å²) in [6.45, 7) is 15.3. The van der Waals surface area contributed by atoms with Crippen LogP contribution in [-0.2, 0) is 0 Å². The Hall–Kier alpha value is -0.0800. The van der Waals surface area contributed by atoms with Crippen LogP contribution >= 0.6 is 0 Å². The maximum Gasteiger partial charge on any atom is -0.00189 e. The van der Waals surface area contributed by atoms with Crippen LogP contribution in [-0.4, -0.2) is 50.1 Å². The Morgan fingerprint density at radius 3 is 1.24 bits per heavy atom. The van der Waals surface area contributed by atoms with Crippen molar-refractivity contribution in [3.8, 4) is 0 Å². The fraction of sp³-hybridized carbons (Fsp3) is 1.00. The molecule has 0 atom stereocenters. The number of hydrogen-bond acceptors (Lipinski definition) is 2. The molecule has 21 heavy (non-hydrogen) atoms. The van der Waals surface area contributed by atoms with E-state index in [9.17, 15) is 0 Å². The summed E-state index contributed by atoms with van der Waals surface area (Å²) in [5.41, 5.74) is 0.988. The smallest absolute Gasteiger partial charge is 0.00189 e. The number of hydrogen-bond donors (Lipinski definition) is 0. The molecule has 0 aromatic heterocycles. The minimum Gasteiger partial charge on any atom is -0.306 e. The monoisotopic (exact) mass is 294 g/mol. The molecule has 0 bridgehead atoms. The van der Waals surface area contributed by atoms with Gasteiger partial charge < -0.3 is 9.80 Å². The first-order chi connectivity index (χ1) is 9.71. The third-order valence-corrected chi connectivity index (χ3v) is 6.56. The Bertz CT molecular complexity index is 286. The summed E-state index contributed by atoms with van der Waals surface area (Å²) >= 11 is 0. The first-order valence-electron chi connectivity index (χ1n) is 9.08. The highest BCUT2D eigenvalue weighted by molar-refractivity contribution is 4.91. The molecule has 124 valence electrons. The zero-order chi connectivity index (χ0) is 15.7. The van der Waals surface area contributed by atoms with Crippen LogP contribution in [0.15, 0.2) is 0 Å². The van der Waals surface area contributed by atoms with Gasteiger partial charge in [-0.25, -0.2) is 0 Å². The van der Waals surface area contributed by atoms with Crippen molar-refractivity contribution in [1.29, 1.82) is 0 Å². The molecule has 0 aromatic rings. The molecule has 0 unspecified atom stereocenters. The quantitative estimate of drug-likeness (QED) is 0.770. The molecule has 0 amide bonds. The van der Waals surface area contributed by atoms with Crippen LogP contribution in [0.3, 0.4) is 0 Å². The van der Waals surface area contributed by atoms with Gasteiger partial charge in [0.2, 0.25) is 0 Å². The van der Waals surface area contributed by atoms with Crippen molar-refractivity contribution >= 4 is 0 Å². The molecule has 0 aromatic carbocycles. The van der Waals surface area contributed by atoms with Crippen LogP contribution in [0.25, 0.3) is 0 Å². The van der Waals surface area contributed by atoms with E-state index < -0.39 is 0 Å². The molecule has 0 saturated carbocycles. The van der Waals surface area contributed by atoms with Crippen LogP contribution in [0.4, 0.5) is 0 Å². The first-order valence-corrected chi connectivity index (χ1v) is 9.08. The Kier molecular flexibility index (Phi) is 5.41. The lowest BCUT2D eigenvalue weighted by molar-refractivity contribution is 0.0257. The van der Waals surface area contributed by atoms with Gasteiger partial charge in [0.1, 0.15) is 0 Å². The van der Waals surface area contributed by atoms with Gasteiger partial charge in [0, 0.05) is 0 Å². The van der Waals surface area contributed by atoms with E-state index >= 15 is 0 Å². The molecule has 2 heterocycles. The van der Waals surface area contributed by atoms with Gasteiger partial charge in [-0.1, -0.05) is 27.7 Å². The van der Waals surface area contributed by atoms with Crippen molar-refractivity contribution in [1.82, 2.24) is 9.80 Å². The summed E-state index contributed by atoms with van der Waals surface area (Å²) in [4.78, 5) is 4.99. The number of likely N-dealkylation sites (tertiary alicyclic amines) is 2. The number of nitrogens with zero attached hydrogens (tertiary/aromatic N) is 2. The first kappa shape index (κ1) is 17.3. The molecule has 2 saturated heterocycles. The van der Waals surface area contributed by atoms with Crippen molar-refractivity contribution in [3.05, 3.63) is 0 Å². The molecule has 2 aliphatic rings. The molecule has 2 fully saturated rings. The number of rotatable bonds is 4. The zero-order valence-electron chi connectivity index (χ0n) is 15.4. The van der Waals surface area contributed by atoms with Crippen LogP contribution in [0, 0.1) is 22.7 Å². The summed E-state index contributed by atoms with van der Waals surface area (Å²) < 4.78 is 0. The molecule has 2 heteroatoms. The lowest BCUT2D eigenvalue weighted by Gasteiger charge is -2.47. The fourth-order valence-electron chi connectivity index (χ4n) is 5.04. The average molecular weight is 295 g/mol. The summed E-state index contributed by atoms with van der Waals surface area (Å²) in [5, 5.41) is 0. The van der Waals surface area contributed by atoms with Crippen molar-refractivity contribution in [2.45, 2.75) is 59.8 Å². The van der Waals surface area contributed by atoms with E-state index in [-0.39, 0.29) is 0 Å². The summed E-state index contributed by atoms with van der Waals surface area (Å²) in [6, 6.07) is 0. The van der Waals surface area contributed by atoms with Crippen molar-refractivity contribution in [2.24, 2.45) is 22.7 Å². The lowest BCUT2D eigenvalue weighted by atomic mass is 9.61. The SMILES string of the molecule is CN1CCC(C(C)(C)CC(C)(C)C2CCN(C)CC2)CC1. The molecule has 0 aliphatic carbocycles. The highest BCUT2D eigenvalue weighted by atomic mass is 15.1. The van der Waals surface area contributed by atoms with Crippen molar-refractivity contribution in [2.75, 3.05) is 40.3 Å². The van der Waals surface area contributed by atoms with Crippen molar-refractivity contribution in [3.63, 3.8) is 0 Å². The minimum absolute atomic E-state index is 0.494. The van der Waals surface area contributed by atoms with Gasteiger partial charge in [0.25, 0.3) is 0 Å². The standard InChI is InChI=1S/C19H38N2/c1-18(2,16-7-11-20(5)12-8-16)15-19(3,4)17-9-13-21(6)14-10-17/h16-17H,7-15H2,1-6H3. The minimum atomic E-state index is 0.494. The van der Waals surface area contributed by atoms with Crippen LogP contribution in [0.5, 0.6) is 0 Å².